The fourth-order valence-electron chi connectivity index (χ4n) is 4.90. The van der Waals surface area contributed by atoms with Gasteiger partial charge in [-0.3, -0.25) is 0 Å². The third-order valence-electron chi connectivity index (χ3n) is 6.89. The maximum Gasteiger partial charge on any atom is 0.196 e. The van der Waals surface area contributed by atoms with E-state index >= 15 is 0 Å². The molecule has 182 valence electrons. The zero-order valence-corrected chi connectivity index (χ0v) is 21.1. The largest absolute Gasteiger partial charge is 0.355 e. The number of nitrogens with one attached hydrogen (secondary N) is 1. The molecule has 0 aliphatic carbocycles. The SMILES string of the molecule is CCc1[nH]c2nc(Sc3ccc4c(N5CC(CN)C5)ncnc4c3)nc(N3CC[C@H](N)C3)c2c1Cl. The van der Waals surface area contributed by atoms with E-state index in [0.717, 1.165) is 83.2 Å². The molecule has 5 heterocycles. The monoisotopic (exact) mass is 509 g/mol. The van der Waals surface area contributed by atoms with Gasteiger partial charge in [0.05, 0.1) is 15.9 Å². The Hall–Kier alpha value is -2.66. The second kappa shape index (κ2) is 9.09. The van der Waals surface area contributed by atoms with Crippen molar-refractivity contribution >= 4 is 56.9 Å². The molecule has 35 heavy (non-hydrogen) atoms. The predicted molar refractivity (Wildman–Crippen MR) is 142 cm³/mol. The summed E-state index contributed by atoms with van der Waals surface area (Å²) in [5.41, 5.74) is 14.6. The minimum absolute atomic E-state index is 0.139. The van der Waals surface area contributed by atoms with E-state index in [1.165, 1.54) is 11.8 Å². The van der Waals surface area contributed by atoms with Crippen LogP contribution in [-0.4, -0.2) is 63.7 Å². The summed E-state index contributed by atoms with van der Waals surface area (Å²) in [7, 11) is 0. The lowest BCUT2D eigenvalue weighted by Gasteiger charge is -2.39. The van der Waals surface area contributed by atoms with Crippen molar-refractivity contribution in [2.45, 2.75) is 35.9 Å². The zero-order chi connectivity index (χ0) is 24.1. The second-order valence-corrected chi connectivity index (χ2v) is 10.7. The van der Waals surface area contributed by atoms with Crippen molar-refractivity contribution in [3.63, 3.8) is 0 Å². The van der Waals surface area contributed by atoms with Gasteiger partial charge < -0.3 is 26.3 Å². The van der Waals surface area contributed by atoms with Crippen molar-refractivity contribution < 1.29 is 0 Å². The number of nitrogens with two attached hydrogens (primary N) is 2. The van der Waals surface area contributed by atoms with E-state index in [2.05, 4.69) is 49.9 Å². The third kappa shape index (κ3) is 4.08. The van der Waals surface area contributed by atoms with Gasteiger partial charge in [0.15, 0.2) is 5.16 Å². The van der Waals surface area contributed by atoms with Crippen LogP contribution in [-0.2, 0) is 6.42 Å². The molecule has 6 rings (SSSR count). The number of anilines is 2. The molecule has 1 aromatic carbocycles. The molecule has 2 aliphatic heterocycles. The summed E-state index contributed by atoms with van der Waals surface area (Å²) >= 11 is 8.25. The molecule has 9 nitrogen and oxygen atoms in total. The van der Waals surface area contributed by atoms with Crippen LogP contribution in [0.3, 0.4) is 0 Å². The topological polar surface area (TPSA) is 126 Å². The Kier molecular flexibility index (Phi) is 5.92. The Balaban J connectivity index is 1.35. The standard InChI is InChI=1S/C24H28ClN9S/c1-2-17-20(25)19-21(30-17)31-24(32-23(19)33-6-5-14(27)11-33)35-15-3-4-16-18(7-15)28-12-29-22(16)34-9-13(8-26)10-34/h3-4,7,12-14H,2,5-6,8-11,26-27H2,1H3,(H,30,31,32)/t14-/m0/s1. The molecule has 0 unspecified atom stereocenters. The number of aromatic amines is 1. The molecule has 0 radical (unpaired) electrons. The minimum Gasteiger partial charge on any atom is -0.355 e. The molecule has 2 saturated heterocycles. The summed E-state index contributed by atoms with van der Waals surface area (Å²) in [6, 6.07) is 6.38. The Morgan fingerprint density at radius 1 is 1.14 bits per heavy atom. The van der Waals surface area contributed by atoms with Gasteiger partial charge in [-0.05, 0) is 49.3 Å². The number of H-pyrrole nitrogens is 1. The van der Waals surface area contributed by atoms with Crippen LogP contribution in [0.5, 0.6) is 0 Å². The number of halogens is 1. The van der Waals surface area contributed by atoms with Crippen LogP contribution in [0.4, 0.5) is 11.6 Å². The summed E-state index contributed by atoms with van der Waals surface area (Å²) < 4.78 is 0. The fraction of sp³-hybridized carbons (Fsp3) is 0.417. The highest BCUT2D eigenvalue weighted by Crippen LogP contribution is 2.38. The summed E-state index contributed by atoms with van der Waals surface area (Å²) in [6.07, 6.45) is 3.37. The molecule has 5 N–H and O–H groups in total. The van der Waals surface area contributed by atoms with Gasteiger partial charge in [0.25, 0.3) is 0 Å². The highest BCUT2D eigenvalue weighted by molar-refractivity contribution is 7.99. The maximum atomic E-state index is 6.73. The number of nitrogens with zero attached hydrogens (tertiary/aromatic N) is 6. The lowest BCUT2D eigenvalue weighted by molar-refractivity contribution is 0.418. The summed E-state index contributed by atoms with van der Waals surface area (Å²) in [5.74, 6) is 2.36. The zero-order valence-electron chi connectivity index (χ0n) is 19.5. The van der Waals surface area contributed by atoms with E-state index in [0.29, 0.717) is 22.6 Å². The van der Waals surface area contributed by atoms with Gasteiger partial charge >= 0.3 is 0 Å². The Labute approximate surface area is 212 Å². The van der Waals surface area contributed by atoms with Crippen LogP contribution in [0.25, 0.3) is 21.9 Å². The predicted octanol–water partition coefficient (Wildman–Crippen LogP) is 3.20. The Bertz CT molecular complexity index is 1400. The summed E-state index contributed by atoms with van der Waals surface area (Å²) in [5, 5.41) is 3.28. The number of aryl methyl sites for hydroxylation is 1. The molecule has 0 amide bonds. The molecule has 2 fully saturated rings. The van der Waals surface area contributed by atoms with Gasteiger partial charge in [-0.15, -0.1) is 0 Å². The minimum atomic E-state index is 0.139. The molecule has 3 aromatic heterocycles. The van der Waals surface area contributed by atoms with Crippen molar-refractivity contribution in [2.75, 3.05) is 42.5 Å². The number of benzene rings is 1. The van der Waals surface area contributed by atoms with Gasteiger partial charge in [-0.1, -0.05) is 18.5 Å². The van der Waals surface area contributed by atoms with Gasteiger partial charge in [0.2, 0.25) is 0 Å². The quantitative estimate of drug-likeness (QED) is 0.336. The Morgan fingerprint density at radius 2 is 2.00 bits per heavy atom. The lowest BCUT2D eigenvalue weighted by Crippen LogP contribution is -2.50. The first-order valence-corrected chi connectivity index (χ1v) is 13.2. The average molecular weight is 510 g/mol. The van der Waals surface area contributed by atoms with E-state index < -0.39 is 0 Å². The average Bonchev–Trinajstić information content (AvgIpc) is 3.40. The number of fused-ring (bicyclic) bond motifs is 2. The van der Waals surface area contributed by atoms with Crippen molar-refractivity contribution in [1.29, 1.82) is 0 Å². The molecule has 1 atom stereocenters. The first kappa shape index (κ1) is 22.8. The van der Waals surface area contributed by atoms with Crippen molar-refractivity contribution in [3.05, 3.63) is 35.2 Å². The smallest absolute Gasteiger partial charge is 0.196 e. The highest BCUT2D eigenvalue weighted by atomic mass is 35.5. The van der Waals surface area contributed by atoms with E-state index in [1.54, 1.807) is 6.33 Å². The van der Waals surface area contributed by atoms with Crippen LogP contribution < -0.4 is 21.3 Å². The van der Waals surface area contributed by atoms with Gasteiger partial charge in [-0.25, -0.2) is 19.9 Å². The first-order chi connectivity index (χ1) is 17.0. The van der Waals surface area contributed by atoms with Crippen LogP contribution in [0, 0.1) is 5.92 Å². The first-order valence-electron chi connectivity index (χ1n) is 12.0. The third-order valence-corrected chi connectivity index (χ3v) is 8.16. The van der Waals surface area contributed by atoms with E-state index in [4.69, 9.17) is 33.0 Å². The van der Waals surface area contributed by atoms with Crippen molar-refractivity contribution in [3.8, 4) is 0 Å². The van der Waals surface area contributed by atoms with Crippen LogP contribution >= 0.6 is 23.4 Å². The number of aromatic nitrogens is 5. The molecular weight excluding hydrogens is 482 g/mol. The second-order valence-electron chi connectivity index (χ2n) is 9.30. The lowest BCUT2D eigenvalue weighted by atomic mass is 10.00. The number of hydrogen-bond acceptors (Lipinski definition) is 9. The van der Waals surface area contributed by atoms with Crippen LogP contribution in [0.2, 0.25) is 5.02 Å². The molecule has 0 spiro atoms. The molecular formula is C24H28ClN9S. The van der Waals surface area contributed by atoms with E-state index in [9.17, 15) is 0 Å². The number of rotatable bonds is 6. The van der Waals surface area contributed by atoms with Crippen molar-refractivity contribution in [2.24, 2.45) is 17.4 Å². The van der Waals surface area contributed by atoms with Gasteiger partial charge in [0.1, 0.15) is 23.6 Å². The van der Waals surface area contributed by atoms with Gasteiger partial charge in [0, 0.05) is 54.1 Å². The summed E-state index contributed by atoms with van der Waals surface area (Å²) in [4.78, 5) is 27.7. The molecule has 0 bridgehead atoms. The van der Waals surface area contributed by atoms with Gasteiger partial charge in [-0.2, -0.15) is 0 Å². The number of hydrogen-bond donors (Lipinski definition) is 3. The van der Waals surface area contributed by atoms with Crippen molar-refractivity contribution in [1.82, 2.24) is 24.9 Å². The maximum absolute atomic E-state index is 6.73. The normalized spacial score (nSPS) is 18.7. The fourth-order valence-corrected chi connectivity index (χ4v) is 6.04. The van der Waals surface area contributed by atoms with Crippen LogP contribution in [0.15, 0.2) is 34.6 Å². The van der Waals surface area contributed by atoms with E-state index in [1.807, 2.05) is 0 Å². The summed E-state index contributed by atoms with van der Waals surface area (Å²) in [6.45, 7) is 6.28. The molecule has 2 aliphatic rings. The Morgan fingerprint density at radius 3 is 2.74 bits per heavy atom. The molecule has 11 heteroatoms. The molecule has 4 aromatic rings. The molecule has 0 saturated carbocycles. The highest BCUT2D eigenvalue weighted by Gasteiger charge is 2.28. The van der Waals surface area contributed by atoms with Crippen LogP contribution in [0.1, 0.15) is 19.0 Å². The van der Waals surface area contributed by atoms with E-state index in [-0.39, 0.29) is 6.04 Å².